The highest BCUT2D eigenvalue weighted by molar-refractivity contribution is 6.29. The molecular formula is C10H18O5. The van der Waals surface area contributed by atoms with Crippen LogP contribution in [-0.4, -0.2) is 23.1 Å². The van der Waals surface area contributed by atoms with E-state index in [1.165, 1.54) is 0 Å². The van der Waals surface area contributed by atoms with Crippen LogP contribution in [0.2, 0.25) is 0 Å². The highest BCUT2D eigenvalue weighted by atomic mass is 17.2. The molecule has 15 heavy (non-hydrogen) atoms. The number of esters is 1. The van der Waals surface area contributed by atoms with Crippen molar-refractivity contribution in [1.82, 2.24) is 0 Å². The molecule has 0 aromatic carbocycles. The fraction of sp³-hybridized carbons (Fsp3) is 0.800. The molecule has 0 bridgehead atoms. The zero-order valence-corrected chi connectivity index (χ0v) is 10.0. The zero-order valence-electron chi connectivity index (χ0n) is 10.0. The summed E-state index contributed by atoms with van der Waals surface area (Å²) in [5.41, 5.74) is -1.38. The average Bonchev–Trinajstić information content (AvgIpc) is 1.95. The van der Waals surface area contributed by atoms with Crippen molar-refractivity contribution in [2.75, 3.05) is 0 Å². The fourth-order valence-electron chi connectivity index (χ4n) is 0.517. The van der Waals surface area contributed by atoms with Gasteiger partial charge in [-0.3, -0.25) is 4.89 Å². The van der Waals surface area contributed by atoms with Gasteiger partial charge in [-0.1, -0.05) is 0 Å². The van der Waals surface area contributed by atoms with E-state index in [2.05, 4.69) is 9.78 Å². The first-order chi connectivity index (χ1) is 6.51. The van der Waals surface area contributed by atoms with Crippen LogP contribution >= 0.6 is 0 Å². The van der Waals surface area contributed by atoms with E-state index in [1.54, 1.807) is 41.5 Å². The largest absolute Gasteiger partial charge is 0.451 e. The molecule has 0 amide bonds. The second kappa shape index (κ2) is 4.61. The second-order valence-corrected chi connectivity index (χ2v) is 5.07. The van der Waals surface area contributed by atoms with Gasteiger partial charge in [0.15, 0.2) is 0 Å². The lowest BCUT2D eigenvalue weighted by atomic mass is 10.2. The molecule has 0 radical (unpaired) electrons. The first-order valence-corrected chi connectivity index (χ1v) is 4.64. The Labute approximate surface area is 89.6 Å². The summed E-state index contributed by atoms with van der Waals surface area (Å²) < 4.78 is 4.77. The molecule has 0 spiro atoms. The van der Waals surface area contributed by atoms with Crippen molar-refractivity contribution in [3.05, 3.63) is 0 Å². The molecule has 0 saturated carbocycles. The van der Waals surface area contributed by atoms with Gasteiger partial charge in [0.05, 0.1) is 0 Å². The Morgan fingerprint density at radius 3 is 1.60 bits per heavy atom. The van der Waals surface area contributed by atoms with Crippen LogP contribution in [0.3, 0.4) is 0 Å². The average molecular weight is 218 g/mol. The lowest BCUT2D eigenvalue weighted by Gasteiger charge is -2.19. The van der Waals surface area contributed by atoms with E-state index < -0.39 is 23.1 Å². The fourth-order valence-corrected chi connectivity index (χ4v) is 0.517. The van der Waals surface area contributed by atoms with Crippen LogP contribution in [0.25, 0.3) is 0 Å². The number of carbonyl (C=O) groups is 2. The van der Waals surface area contributed by atoms with E-state index in [0.717, 1.165) is 0 Å². The predicted octanol–water partition coefficient (Wildman–Crippen LogP) is 1.60. The van der Waals surface area contributed by atoms with Crippen LogP contribution in [0.5, 0.6) is 0 Å². The Morgan fingerprint density at radius 1 is 0.800 bits per heavy atom. The minimum absolute atomic E-state index is 0.655. The molecule has 0 saturated heterocycles. The number of ether oxygens (including phenoxy) is 1. The summed E-state index contributed by atoms with van der Waals surface area (Å²) in [5, 5.41) is 0. The molecular weight excluding hydrogens is 200 g/mol. The van der Waals surface area contributed by atoms with Crippen LogP contribution in [-0.2, 0) is 24.1 Å². The van der Waals surface area contributed by atoms with Gasteiger partial charge >= 0.3 is 11.9 Å². The summed E-state index contributed by atoms with van der Waals surface area (Å²) in [4.78, 5) is 31.1. The summed E-state index contributed by atoms with van der Waals surface area (Å²) in [5.74, 6) is -2.22. The van der Waals surface area contributed by atoms with Crippen molar-refractivity contribution >= 4 is 11.9 Å². The van der Waals surface area contributed by atoms with E-state index in [4.69, 9.17) is 4.74 Å². The minimum Gasteiger partial charge on any atom is -0.451 e. The van der Waals surface area contributed by atoms with Crippen molar-refractivity contribution in [2.24, 2.45) is 0 Å². The molecule has 0 aromatic heterocycles. The van der Waals surface area contributed by atoms with Gasteiger partial charge in [-0.05, 0) is 41.5 Å². The Balaban J connectivity index is 4.08. The van der Waals surface area contributed by atoms with Crippen LogP contribution in [0.1, 0.15) is 41.5 Å². The maximum Gasteiger partial charge on any atom is 0.449 e. The van der Waals surface area contributed by atoms with E-state index in [0.29, 0.717) is 0 Å². The standard InChI is InChI=1S/C10H18O5/c1-9(2,3)13-7(11)8(12)14-15-10(4,5)6/h1-6H3. The number of hydrogen-bond acceptors (Lipinski definition) is 5. The Kier molecular flexibility index (Phi) is 4.27. The first kappa shape index (κ1) is 13.9. The van der Waals surface area contributed by atoms with E-state index in [-0.39, 0.29) is 0 Å². The smallest absolute Gasteiger partial charge is 0.449 e. The van der Waals surface area contributed by atoms with Crippen LogP contribution in [0, 0.1) is 0 Å². The lowest BCUT2D eigenvalue weighted by molar-refractivity contribution is -0.319. The first-order valence-electron chi connectivity index (χ1n) is 4.64. The van der Waals surface area contributed by atoms with Crippen LogP contribution < -0.4 is 0 Å². The van der Waals surface area contributed by atoms with Crippen molar-refractivity contribution in [2.45, 2.75) is 52.7 Å². The molecule has 0 unspecified atom stereocenters. The molecule has 0 heterocycles. The van der Waals surface area contributed by atoms with Crippen LogP contribution in [0.15, 0.2) is 0 Å². The van der Waals surface area contributed by atoms with E-state index >= 15 is 0 Å². The maximum atomic E-state index is 11.1. The van der Waals surface area contributed by atoms with Crippen LogP contribution in [0.4, 0.5) is 0 Å². The van der Waals surface area contributed by atoms with Gasteiger partial charge in [0.1, 0.15) is 11.2 Å². The normalized spacial score (nSPS) is 12.1. The molecule has 0 aliphatic carbocycles. The number of carbonyl (C=O) groups excluding carboxylic acids is 2. The van der Waals surface area contributed by atoms with Gasteiger partial charge < -0.3 is 4.74 Å². The van der Waals surface area contributed by atoms with Gasteiger partial charge in [0.2, 0.25) is 0 Å². The van der Waals surface area contributed by atoms with E-state index in [9.17, 15) is 9.59 Å². The topological polar surface area (TPSA) is 61.8 Å². The molecule has 0 fully saturated rings. The predicted molar refractivity (Wildman–Crippen MR) is 52.8 cm³/mol. The summed E-state index contributed by atoms with van der Waals surface area (Å²) in [6.45, 7) is 10.0. The summed E-state index contributed by atoms with van der Waals surface area (Å²) >= 11 is 0. The monoisotopic (exact) mass is 218 g/mol. The molecule has 0 rings (SSSR count). The van der Waals surface area contributed by atoms with E-state index in [1.807, 2.05) is 0 Å². The summed E-state index contributed by atoms with van der Waals surface area (Å²) in [7, 11) is 0. The third-order valence-corrected chi connectivity index (χ3v) is 0.933. The summed E-state index contributed by atoms with van der Waals surface area (Å²) in [6, 6.07) is 0. The number of hydrogen-bond donors (Lipinski definition) is 0. The van der Waals surface area contributed by atoms with Crippen molar-refractivity contribution in [3.8, 4) is 0 Å². The second-order valence-electron chi connectivity index (χ2n) is 5.07. The van der Waals surface area contributed by atoms with Gasteiger partial charge in [0.25, 0.3) is 0 Å². The Hall–Kier alpha value is -1.10. The Morgan fingerprint density at radius 2 is 1.27 bits per heavy atom. The highest BCUT2D eigenvalue weighted by Gasteiger charge is 2.26. The SMILES string of the molecule is CC(C)(C)OOC(=O)C(=O)OC(C)(C)C. The van der Waals surface area contributed by atoms with Crippen molar-refractivity contribution in [3.63, 3.8) is 0 Å². The van der Waals surface area contributed by atoms with Gasteiger partial charge in [-0.25, -0.2) is 9.59 Å². The molecule has 0 aliphatic heterocycles. The molecule has 0 N–H and O–H groups in total. The molecule has 5 nitrogen and oxygen atoms in total. The lowest BCUT2D eigenvalue weighted by Crippen LogP contribution is -2.32. The molecule has 0 aromatic rings. The van der Waals surface area contributed by atoms with Crippen molar-refractivity contribution < 1.29 is 24.1 Å². The number of rotatable bonds is 1. The minimum atomic E-state index is -1.15. The Bertz CT molecular complexity index is 244. The molecule has 88 valence electrons. The third-order valence-electron chi connectivity index (χ3n) is 0.933. The van der Waals surface area contributed by atoms with Gasteiger partial charge in [0, 0.05) is 0 Å². The molecule has 5 heteroatoms. The quantitative estimate of drug-likeness (QED) is 0.289. The van der Waals surface area contributed by atoms with Crippen molar-refractivity contribution in [1.29, 1.82) is 0 Å². The zero-order chi connectivity index (χ0) is 12.3. The van der Waals surface area contributed by atoms with Gasteiger partial charge in [-0.15, -0.1) is 0 Å². The third kappa shape index (κ3) is 7.93. The maximum absolute atomic E-state index is 11.1. The van der Waals surface area contributed by atoms with Gasteiger partial charge in [-0.2, -0.15) is 4.89 Å². The molecule has 0 aliphatic rings. The molecule has 0 atom stereocenters. The summed E-state index contributed by atoms with van der Waals surface area (Å²) in [6.07, 6.45) is 0. The highest BCUT2D eigenvalue weighted by Crippen LogP contribution is 2.10.